The van der Waals surface area contributed by atoms with Crippen LogP contribution in [0.25, 0.3) is 5.69 Å². The lowest BCUT2D eigenvalue weighted by Crippen LogP contribution is -2.36. The Morgan fingerprint density at radius 3 is 2.69 bits per heavy atom. The lowest BCUT2D eigenvalue weighted by atomic mass is 10.4. The van der Waals surface area contributed by atoms with Crippen LogP contribution in [-0.4, -0.2) is 10.2 Å². The molecule has 0 saturated heterocycles. The number of aromatic nitrogens is 3. The number of pyridine rings is 1. The third-order valence-corrected chi connectivity index (χ3v) is 1.70. The average molecular weight is 174 g/mol. The molecule has 0 aliphatic rings. The molecular formula is C9H8N3O+. The highest BCUT2D eigenvalue weighted by molar-refractivity contribution is 5.13. The molecule has 0 aliphatic heterocycles. The number of nitrogens with one attached hydrogen (secondary N) is 1. The van der Waals surface area contributed by atoms with E-state index in [1.807, 2.05) is 30.6 Å². The molecule has 1 N–H and O–H groups in total. The van der Waals surface area contributed by atoms with Gasteiger partial charge in [-0.2, -0.15) is 9.67 Å². The van der Waals surface area contributed by atoms with Crippen molar-refractivity contribution >= 4 is 0 Å². The Morgan fingerprint density at radius 1 is 1.23 bits per heavy atom. The fraction of sp³-hybridized carbons (Fsp3) is 0. The van der Waals surface area contributed by atoms with Crippen molar-refractivity contribution in [2.75, 3.05) is 0 Å². The first-order chi connectivity index (χ1) is 6.38. The SMILES string of the molecule is O=c1[nH]nccc1-[n+]1ccccc1. The van der Waals surface area contributed by atoms with Crippen LogP contribution in [0.4, 0.5) is 0 Å². The van der Waals surface area contributed by atoms with Crippen LogP contribution >= 0.6 is 0 Å². The quantitative estimate of drug-likeness (QED) is 0.621. The Balaban J connectivity index is 2.60. The third kappa shape index (κ3) is 1.46. The minimum absolute atomic E-state index is 0.196. The lowest BCUT2D eigenvalue weighted by molar-refractivity contribution is -0.597. The van der Waals surface area contributed by atoms with Crippen molar-refractivity contribution in [1.29, 1.82) is 0 Å². The molecule has 0 spiro atoms. The van der Waals surface area contributed by atoms with Crippen molar-refractivity contribution in [2.24, 2.45) is 0 Å². The summed E-state index contributed by atoms with van der Waals surface area (Å²) < 4.78 is 1.74. The number of nitrogens with zero attached hydrogens (tertiary/aromatic N) is 2. The van der Waals surface area contributed by atoms with Gasteiger partial charge in [-0.3, -0.25) is 4.79 Å². The van der Waals surface area contributed by atoms with Crippen LogP contribution in [-0.2, 0) is 0 Å². The molecule has 0 aliphatic carbocycles. The van der Waals surface area contributed by atoms with E-state index in [9.17, 15) is 4.79 Å². The fourth-order valence-electron chi connectivity index (χ4n) is 1.10. The average Bonchev–Trinajstić information content (AvgIpc) is 2.20. The topological polar surface area (TPSA) is 49.6 Å². The van der Waals surface area contributed by atoms with E-state index in [4.69, 9.17) is 0 Å². The van der Waals surface area contributed by atoms with E-state index < -0.39 is 0 Å². The maximum atomic E-state index is 11.3. The second kappa shape index (κ2) is 3.18. The van der Waals surface area contributed by atoms with Crippen molar-refractivity contribution in [2.45, 2.75) is 0 Å². The van der Waals surface area contributed by atoms with Crippen LogP contribution in [0, 0.1) is 0 Å². The van der Waals surface area contributed by atoms with Crippen LogP contribution in [0.5, 0.6) is 0 Å². The summed E-state index contributed by atoms with van der Waals surface area (Å²) in [6, 6.07) is 7.28. The smallest absolute Gasteiger partial charge is 0.260 e. The zero-order valence-electron chi connectivity index (χ0n) is 6.84. The van der Waals surface area contributed by atoms with E-state index in [1.165, 1.54) is 0 Å². The van der Waals surface area contributed by atoms with Gasteiger partial charge in [0.25, 0.3) is 5.69 Å². The molecule has 4 nitrogen and oxygen atoms in total. The van der Waals surface area contributed by atoms with Gasteiger partial charge in [0, 0.05) is 18.2 Å². The molecule has 0 radical (unpaired) electrons. The molecule has 2 rings (SSSR count). The van der Waals surface area contributed by atoms with E-state index in [1.54, 1.807) is 16.8 Å². The van der Waals surface area contributed by atoms with Gasteiger partial charge in [-0.15, -0.1) is 0 Å². The maximum absolute atomic E-state index is 11.3. The van der Waals surface area contributed by atoms with Crippen molar-refractivity contribution < 1.29 is 4.57 Å². The Bertz CT molecular complexity index is 450. The van der Waals surface area contributed by atoms with Crippen molar-refractivity contribution in [1.82, 2.24) is 10.2 Å². The van der Waals surface area contributed by atoms with Gasteiger partial charge in [0.15, 0.2) is 12.4 Å². The Morgan fingerprint density at radius 2 is 2.00 bits per heavy atom. The van der Waals surface area contributed by atoms with Gasteiger partial charge in [-0.1, -0.05) is 6.07 Å². The van der Waals surface area contributed by atoms with Crippen molar-refractivity contribution in [3.63, 3.8) is 0 Å². The highest BCUT2D eigenvalue weighted by Gasteiger charge is 2.07. The van der Waals surface area contributed by atoms with Crippen molar-refractivity contribution in [3.8, 4) is 5.69 Å². The molecule has 2 aromatic heterocycles. The summed E-state index contributed by atoms with van der Waals surface area (Å²) >= 11 is 0. The normalized spacial score (nSPS) is 9.85. The molecule has 64 valence electrons. The highest BCUT2D eigenvalue weighted by atomic mass is 16.1. The van der Waals surface area contributed by atoms with Gasteiger partial charge in [-0.25, -0.2) is 5.10 Å². The standard InChI is InChI=1S/C9H7N3O/c13-9-8(4-5-10-11-9)12-6-2-1-3-7-12/h1-7H/p+1. The van der Waals surface area contributed by atoms with Crippen LogP contribution in [0.1, 0.15) is 0 Å². The van der Waals surface area contributed by atoms with E-state index in [-0.39, 0.29) is 5.56 Å². The predicted molar refractivity (Wildman–Crippen MR) is 46.4 cm³/mol. The second-order valence-electron chi connectivity index (χ2n) is 2.55. The molecule has 0 bridgehead atoms. The first-order valence-corrected chi connectivity index (χ1v) is 3.88. The van der Waals surface area contributed by atoms with E-state index in [0.717, 1.165) is 0 Å². The lowest BCUT2D eigenvalue weighted by Gasteiger charge is -1.90. The maximum Gasteiger partial charge on any atom is 0.336 e. The molecule has 0 saturated carbocycles. The Hall–Kier alpha value is -1.97. The first kappa shape index (κ1) is 7.67. The molecular weight excluding hydrogens is 166 g/mol. The second-order valence-corrected chi connectivity index (χ2v) is 2.55. The van der Waals surface area contributed by atoms with Gasteiger partial charge in [0.2, 0.25) is 0 Å². The summed E-state index contributed by atoms with van der Waals surface area (Å²) in [5, 5.41) is 5.99. The minimum atomic E-state index is -0.196. The summed E-state index contributed by atoms with van der Waals surface area (Å²) in [6.45, 7) is 0. The summed E-state index contributed by atoms with van der Waals surface area (Å²) in [6.07, 6.45) is 5.17. The van der Waals surface area contributed by atoms with Crippen LogP contribution < -0.4 is 10.1 Å². The highest BCUT2D eigenvalue weighted by Crippen LogP contribution is 1.86. The molecule has 4 heteroatoms. The molecule has 0 fully saturated rings. The fourth-order valence-corrected chi connectivity index (χ4v) is 1.10. The molecule has 13 heavy (non-hydrogen) atoms. The largest absolute Gasteiger partial charge is 0.336 e. The minimum Gasteiger partial charge on any atom is -0.260 e. The molecule has 0 aromatic carbocycles. The number of aromatic amines is 1. The number of rotatable bonds is 1. The van der Waals surface area contributed by atoms with Gasteiger partial charge in [-0.05, 0) is 0 Å². The zero-order valence-corrected chi connectivity index (χ0v) is 6.84. The molecule has 0 unspecified atom stereocenters. The van der Waals surface area contributed by atoms with E-state index >= 15 is 0 Å². The van der Waals surface area contributed by atoms with Crippen LogP contribution in [0.15, 0.2) is 47.7 Å². The zero-order chi connectivity index (χ0) is 9.10. The monoisotopic (exact) mass is 174 g/mol. The molecule has 2 aromatic rings. The number of hydrogen-bond donors (Lipinski definition) is 1. The van der Waals surface area contributed by atoms with Gasteiger partial charge < -0.3 is 0 Å². The van der Waals surface area contributed by atoms with E-state index in [2.05, 4.69) is 10.2 Å². The molecule has 0 atom stereocenters. The first-order valence-electron chi connectivity index (χ1n) is 3.88. The van der Waals surface area contributed by atoms with Crippen LogP contribution in [0.3, 0.4) is 0 Å². The van der Waals surface area contributed by atoms with Gasteiger partial charge in [0.1, 0.15) is 0 Å². The van der Waals surface area contributed by atoms with Gasteiger partial charge in [0.05, 0.1) is 6.20 Å². The molecule has 2 heterocycles. The van der Waals surface area contributed by atoms with Crippen LogP contribution in [0.2, 0.25) is 0 Å². The Labute approximate surface area is 74.5 Å². The summed E-state index contributed by atoms with van der Waals surface area (Å²) in [5.74, 6) is 0. The molecule has 0 amide bonds. The third-order valence-electron chi connectivity index (χ3n) is 1.70. The number of hydrogen-bond acceptors (Lipinski definition) is 2. The summed E-state index contributed by atoms with van der Waals surface area (Å²) in [5.41, 5.74) is 0.370. The van der Waals surface area contributed by atoms with Gasteiger partial charge >= 0.3 is 5.56 Å². The summed E-state index contributed by atoms with van der Waals surface area (Å²) in [7, 11) is 0. The van der Waals surface area contributed by atoms with E-state index in [0.29, 0.717) is 5.69 Å². The Kier molecular flexibility index (Phi) is 1.88. The number of H-pyrrole nitrogens is 1. The summed E-state index contributed by atoms with van der Waals surface area (Å²) in [4.78, 5) is 11.3. The predicted octanol–water partition coefficient (Wildman–Crippen LogP) is 0.0466. The van der Waals surface area contributed by atoms with Crippen molar-refractivity contribution in [3.05, 3.63) is 53.2 Å².